The maximum Gasteiger partial charge on any atom is 0.331 e. The van der Waals surface area contributed by atoms with Gasteiger partial charge in [0, 0.05) is 14.1 Å². The summed E-state index contributed by atoms with van der Waals surface area (Å²) in [7, 11) is 2.97. The SMILES string of the molecule is CCSc1c(/C=N\O)c(=O)n(C)c(=O)n1C. The number of thioether (sulfide) groups is 1. The standard InChI is InChI=1S/C9H13N3O3S/c1-4-16-8-6(5-10-15)7(13)11(2)9(14)12(8)3/h5,15H,4H2,1-3H3/b10-5-. The van der Waals surface area contributed by atoms with Crippen molar-refractivity contribution in [3.8, 4) is 0 Å². The molecule has 0 amide bonds. The summed E-state index contributed by atoms with van der Waals surface area (Å²) in [4.78, 5) is 23.4. The van der Waals surface area contributed by atoms with Gasteiger partial charge in [0.05, 0.1) is 16.8 Å². The second-order valence-electron chi connectivity index (χ2n) is 3.10. The second-order valence-corrected chi connectivity index (χ2v) is 4.35. The van der Waals surface area contributed by atoms with Crippen molar-refractivity contribution in [2.75, 3.05) is 5.75 Å². The Morgan fingerprint density at radius 3 is 2.50 bits per heavy atom. The molecule has 0 fully saturated rings. The summed E-state index contributed by atoms with van der Waals surface area (Å²) >= 11 is 1.35. The first-order valence-electron chi connectivity index (χ1n) is 4.64. The van der Waals surface area contributed by atoms with Gasteiger partial charge in [-0.05, 0) is 5.75 Å². The maximum absolute atomic E-state index is 11.8. The zero-order valence-electron chi connectivity index (χ0n) is 9.30. The fourth-order valence-electron chi connectivity index (χ4n) is 1.33. The molecule has 0 aliphatic carbocycles. The predicted octanol–water partition coefficient (Wildman–Crippen LogP) is 0.00410. The zero-order valence-corrected chi connectivity index (χ0v) is 10.1. The lowest BCUT2D eigenvalue weighted by Crippen LogP contribution is -2.40. The normalized spacial score (nSPS) is 11.2. The van der Waals surface area contributed by atoms with Crippen molar-refractivity contribution in [3.63, 3.8) is 0 Å². The number of hydrogen-bond acceptors (Lipinski definition) is 5. The summed E-state index contributed by atoms with van der Waals surface area (Å²) in [5, 5.41) is 11.9. The molecule has 16 heavy (non-hydrogen) atoms. The highest BCUT2D eigenvalue weighted by Gasteiger charge is 2.13. The van der Waals surface area contributed by atoms with Crippen LogP contribution in [0.15, 0.2) is 19.8 Å². The first kappa shape index (κ1) is 12.6. The molecule has 88 valence electrons. The van der Waals surface area contributed by atoms with Crippen LogP contribution in [0.3, 0.4) is 0 Å². The smallest absolute Gasteiger partial charge is 0.331 e. The molecule has 0 atom stereocenters. The topological polar surface area (TPSA) is 76.6 Å². The minimum atomic E-state index is -0.461. The van der Waals surface area contributed by atoms with Gasteiger partial charge < -0.3 is 5.21 Å². The summed E-state index contributed by atoms with van der Waals surface area (Å²) in [5.74, 6) is 0.715. The molecule has 1 aromatic heterocycles. The van der Waals surface area contributed by atoms with Gasteiger partial charge in [0.25, 0.3) is 5.56 Å². The molecule has 0 saturated heterocycles. The molecular weight excluding hydrogens is 230 g/mol. The van der Waals surface area contributed by atoms with Crippen LogP contribution < -0.4 is 11.2 Å². The van der Waals surface area contributed by atoms with Gasteiger partial charge >= 0.3 is 5.69 Å². The van der Waals surface area contributed by atoms with E-state index >= 15 is 0 Å². The van der Waals surface area contributed by atoms with Gasteiger partial charge in [0.1, 0.15) is 0 Å². The van der Waals surface area contributed by atoms with Crippen molar-refractivity contribution in [2.24, 2.45) is 19.3 Å². The highest BCUT2D eigenvalue weighted by molar-refractivity contribution is 7.99. The van der Waals surface area contributed by atoms with E-state index in [0.29, 0.717) is 10.8 Å². The van der Waals surface area contributed by atoms with Crippen molar-refractivity contribution in [3.05, 3.63) is 26.4 Å². The van der Waals surface area contributed by atoms with Crippen LogP contribution in [0.4, 0.5) is 0 Å². The largest absolute Gasteiger partial charge is 0.411 e. The number of aromatic nitrogens is 2. The van der Waals surface area contributed by atoms with Crippen LogP contribution in [-0.4, -0.2) is 26.3 Å². The quantitative estimate of drug-likeness (QED) is 0.267. The van der Waals surface area contributed by atoms with E-state index in [2.05, 4.69) is 5.16 Å². The fourth-order valence-corrected chi connectivity index (χ4v) is 2.17. The third kappa shape index (κ3) is 2.04. The third-order valence-corrected chi connectivity index (χ3v) is 3.17. The summed E-state index contributed by atoms with van der Waals surface area (Å²) in [5.41, 5.74) is -0.633. The van der Waals surface area contributed by atoms with Crippen LogP contribution in [0.1, 0.15) is 12.5 Å². The van der Waals surface area contributed by atoms with Crippen LogP contribution in [0.2, 0.25) is 0 Å². The molecule has 0 saturated carbocycles. The zero-order chi connectivity index (χ0) is 12.3. The summed E-state index contributed by atoms with van der Waals surface area (Å²) in [6.45, 7) is 1.91. The summed E-state index contributed by atoms with van der Waals surface area (Å²) in [6, 6.07) is 0. The van der Waals surface area contributed by atoms with E-state index in [1.165, 1.54) is 23.4 Å². The van der Waals surface area contributed by atoms with Gasteiger partial charge in [-0.2, -0.15) is 0 Å². The van der Waals surface area contributed by atoms with Crippen LogP contribution in [0.25, 0.3) is 0 Å². The van der Waals surface area contributed by atoms with Gasteiger partial charge in [0.15, 0.2) is 0 Å². The Hall–Kier alpha value is -1.50. The Kier molecular flexibility index (Phi) is 3.94. The molecule has 0 spiro atoms. The van der Waals surface area contributed by atoms with Crippen molar-refractivity contribution in [1.29, 1.82) is 0 Å². The fraction of sp³-hybridized carbons (Fsp3) is 0.444. The third-order valence-electron chi connectivity index (χ3n) is 2.11. The number of rotatable bonds is 3. The Balaban J connectivity index is 3.68. The Morgan fingerprint density at radius 2 is 2.00 bits per heavy atom. The second kappa shape index (κ2) is 5.02. The van der Waals surface area contributed by atoms with Gasteiger partial charge in [-0.1, -0.05) is 12.1 Å². The number of nitrogens with zero attached hydrogens (tertiary/aromatic N) is 3. The van der Waals surface area contributed by atoms with Crippen molar-refractivity contribution < 1.29 is 5.21 Å². The van der Waals surface area contributed by atoms with Crippen LogP contribution in [0, 0.1) is 0 Å². The Morgan fingerprint density at radius 1 is 1.38 bits per heavy atom. The molecule has 0 aliphatic heterocycles. The predicted molar refractivity (Wildman–Crippen MR) is 62.7 cm³/mol. The van der Waals surface area contributed by atoms with E-state index in [4.69, 9.17) is 5.21 Å². The van der Waals surface area contributed by atoms with E-state index in [1.807, 2.05) is 6.92 Å². The van der Waals surface area contributed by atoms with Crippen LogP contribution >= 0.6 is 11.8 Å². The van der Waals surface area contributed by atoms with Crippen molar-refractivity contribution >= 4 is 18.0 Å². The molecule has 0 unspecified atom stereocenters. The average molecular weight is 243 g/mol. The van der Waals surface area contributed by atoms with Gasteiger partial charge in [0.2, 0.25) is 0 Å². The highest BCUT2D eigenvalue weighted by Crippen LogP contribution is 2.16. The Bertz CT molecular complexity index is 530. The molecule has 0 aliphatic rings. The lowest BCUT2D eigenvalue weighted by atomic mass is 10.3. The molecule has 6 nitrogen and oxygen atoms in total. The van der Waals surface area contributed by atoms with Crippen LogP contribution in [-0.2, 0) is 14.1 Å². The van der Waals surface area contributed by atoms with Crippen molar-refractivity contribution in [1.82, 2.24) is 9.13 Å². The Labute approximate surface area is 96.2 Å². The molecule has 1 N–H and O–H groups in total. The molecule has 1 rings (SSSR count). The molecule has 1 aromatic rings. The maximum atomic E-state index is 11.8. The molecular formula is C9H13N3O3S. The van der Waals surface area contributed by atoms with Crippen LogP contribution in [0.5, 0.6) is 0 Å². The monoisotopic (exact) mass is 243 g/mol. The van der Waals surface area contributed by atoms with Crippen molar-refractivity contribution in [2.45, 2.75) is 11.9 Å². The number of oxime groups is 1. The van der Waals surface area contributed by atoms with E-state index in [-0.39, 0.29) is 5.56 Å². The lowest BCUT2D eigenvalue weighted by molar-refractivity contribution is 0.321. The minimum Gasteiger partial charge on any atom is -0.411 e. The molecule has 0 bridgehead atoms. The van der Waals surface area contributed by atoms with E-state index in [1.54, 1.807) is 7.05 Å². The average Bonchev–Trinajstić information content (AvgIpc) is 2.28. The first-order chi connectivity index (χ1) is 7.54. The summed E-state index contributed by atoms with van der Waals surface area (Å²) in [6.07, 6.45) is 1.06. The first-order valence-corrected chi connectivity index (χ1v) is 5.63. The number of hydrogen-bond donors (Lipinski definition) is 1. The summed E-state index contributed by atoms with van der Waals surface area (Å²) < 4.78 is 2.35. The van der Waals surface area contributed by atoms with Gasteiger partial charge in [-0.15, -0.1) is 11.8 Å². The molecule has 7 heteroatoms. The molecule has 1 heterocycles. The van der Waals surface area contributed by atoms with Gasteiger partial charge in [-0.25, -0.2) is 4.79 Å². The highest BCUT2D eigenvalue weighted by atomic mass is 32.2. The van der Waals surface area contributed by atoms with E-state index in [0.717, 1.165) is 10.8 Å². The minimum absolute atomic E-state index is 0.221. The van der Waals surface area contributed by atoms with Gasteiger partial charge in [-0.3, -0.25) is 13.9 Å². The van der Waals surface area contributed by atoms with E-state index in [9.17, 15) is 9.59 Å². The lowest BCUT2D eigenvalue weighted by Gasteiger charge is -2.10. The molecule has 0 radical (unpaired) electrons. The molecule has 0 aromatic carbocycles. The van der Waals surface area contributed by atoms with E-state index < -0.39 is 11.2 Å².